The second kappa shape index (κ2) is 3.57. The van der Waals surface area contributed by atoms with Gasteiger partial charge in [-0.1, -0.05) is 12.1 Å². The van der Waals surface area contributed by atoms with E-state index >= 15 is 0 Å². The first-order chi connectivity index (χ1) is 7.52. The fourth-order valence-electron chi connectivity index (χ4n) is 1.58. The van der Waals surface area contributed by atoms with E-state index in [1.165, 1.54) is 6.07 Å². The second-order valence-corrected chi connectivity index (χ2v) is 4.29. The number of aryl methyl sites for hydroxylation is 1. The molecule has 0 atom stereocenters. The van der Waals surface area contributed by atoms with E-state index in [1.807, 2.05) is 0 Å². The van der Waals surface area contributed by atoms with E-state index in [4.69, 9.17) is 5.11 Å². The van der Waals surface area contributed by atoms with Gasteiger partial charge in [0.05, 0.1) is 4.92 Å². The fraction of sp³-hybridized carbons (Fsp3) is 0.100. The molecule has 1 aromatic carbocycles. The Morgan fingerprint density at radius 1 is 1.50 bits per heavy atom. The van der Waals surface area contributed by atoms with Crippen LogP contribution in [0.4, 0.5) is 5.69 Å². The number of hydrogen-bond acceptors (Lipinski definition) is 4. The van der Waals surface area contributed by atoms with E-state index in [0.29, 0.717) is 15.6 Å². The van der Waals surface area contributed by atoms with Crippen LogP contribution in [0.15, 0.2) is 18.2 Å². The monoisotopic (exact) mass is 237 g/mol. The summed E-state index contributed by atoms with van der Waals surface area (Å²) in [6, 6.07) is 4.64. The molecular formula is C10H7NO4S. The molecule has 0 aliphatic rings. The molecule has 1 N–H and O–H groups in total. The Hall–Kier alpha value is -1.95. The van der Waals surface area contributed by atoms with Gasteiger partial charge in [-0.15, -0.1) is 11.3 Å². The highest BCUT2D eigenvalue weighted by atomic mass is 32.1. The van der Waals surface area contributed by atoms with Crippen molar-refractivity contribution in [3.8, 4) is 0 Å². The molecule has 0 aliphatic heterocycles. The Kier molecular flexibility index (Phi) is 2.35. The number of benzene rings is 1. The SMILES string of the molecule is Cc1c(C(=O)O)sc2c([N+](=O)[O-])cccc12. The van der Waals surface area contributed by atoms with Crippen molar-refractivity contribution >= 4 is 33.1 Å². The molecule has 0 unspecified atom stereocenters. The summed E-state index contributed by atoms with van der Waals surface area (Å²) in [7, 11) is 0. The van der Waals surface area contributed by atoms with Crippen molar-refractivity contribution in [2.75, 3.05) is 0 Å². The molecule has 2 aromatic rings. The van der Waals surface area contributed by atoms with Gasteiger partial charge in [0.2, 0.25) is 0 Å². The molecule has 16 heavy (non-hydrogen) atoms. The van der Waals surface area contributed by atoms with Gasteiger partial charge in [-0.3, -0.25) is 10.1 Å². The lowest BCUT2D eigenvalue weighted by Gasteiger charge is -1.93. The maximum absolute atomic E-state index is 10.9. The third-order valence-corrected chi connectivity index (χ3v) is 3.65. The topological polar surface area (TPSA) is 80.4 Å². The highest BCUT2D eigenvalue weighted by molar-refractivity contribution is 7.21. The van der Waals surface area contributed by atoms with Crippen molar-refractivity contribution in [3.63, 3.8) is 0 Å². The summed E-state index contributed by atoms with van der Waals surface area (Å²) >= 11 is 0.946. The molecule has 82 valence electrons. The van der Waals surface area contributed by atoms with E-state index in [9.17, 15) is 14.9 Å². The Balaban J connectivity index is 2.85. The van der Waals surface area contributed by atoms with Gasteiger partial charge in [0, 0.05) is 11.5 Å². The van der Waals surface area contributed by atoms with Crippen LogP contribution in [0.5, 0.6) is 0 Å². The summed E-state index contributed by atoms with van der Waals surface area (Å²) < 4.78 is 0.419. The highest BCUT2D eigenvalue weighted by Crippen LogP contribution is 2.36. The first kappa shape index (κ1) is 10.6. The lowest BCUT2D eigenvalue weighted by Crippen LogP contribution is -1.93. The summed E-state index contributed by atoms with van der Waals surface area (Å²) in [5, 5.41) is 20.3. The molecule has 6 heteroatoms. The molecule has 0 saturated heterocycles. The van der Waals surface area contributed by atoms with Crippen LogP contribution in [-0.2, 0) is 0 Å². The van der Waals surface area contributed by atoms with Crippen molar-refractivity contribution in [2.24, 2.45) is 0 Å². The minimum atomic E-state index is -1.05. The van der Waals surface area contributed by atoms with Gasteiger partial charge in [-0.05, 0) is 12.5 Å². The molecule has 1 aromatic heterocycles. The second-order valence-electron chi connectivity index (χ2n) is 3.27. The summed E-state index contributed by atoms with van der Waals surface area (Å²) in [6.07, 6.45) is 0. The van der Waals surface area contributed by atoms with Crippen LogP contribution < -0.4 is 0 Å². The molecule has 1 heterocycles. The van der Waals surface area contributed by atoms with E-state index < -0.39 is 10.9 Å². The fourth-order valence-corrected chi connectivity index (χ4v) is 2.71. The average molecular weight is 237 g/mol. The predicted molar refractivity (Wildman–Crippen MR) is 60.2 cm³/mol. The molecule has 0 saturated carbocycles. The first-order valence-electron chi connectivity index (χ1n) is 4.42. The Labute approximate surface area is 94.1 Å². The van der Waals surface area contributed by atoms with Crippen molar-refractivity contribution in [2.45, 2.75) is 6.92 Å². The number of carboxylic acids is 1. The van der Waals surface area contributed by atoms with Crippen molar-refractivity contribution in [1.29, 1.82) is 0 Å². The summed E-state index contributed by atoms with van der Waals surface area (Å²) in [5.41, 5.74) is 0.536. The molecule has 0 spiro atoms. The van der Waals surface area contributed by atoms with Crippen LogP contribution in [0.2, 0.25) is 0 Å². The van der Waals surface area contributed by atoms with Gasteiger partial charge in [-0.25, -0.2) is 4.79 Å². The third kappa shape index (κ3) is 1.43. The number of non-ortho nitro benzene ring substituents is 1. The van der Waals surface area contributed by atoms with Gasteiger partial charge in [-0.2, -0.15) is 0 Å². The predicted octanol–water partition coefficient (Wildman–Crippen LogP) is 2.82. The van der Waals surface area contributed by atoms with Gasteiger partial charge in [0.1, 0.15) is 9.58 Å². The van der Waals surface area contributed by atoms with E-state index in [1.54, 1.807) is 19.1 Å². The minimum Gasteiger partial charge on any atom is -0.477 e. The normalized spacial score (nSPS) is 10.6. The number of nitrogens with zero attached hydrogens (tertiary/aromatic N) is 1. The van der Waals surface area contributed by atoms with Gasteiger partial charge < -0.3 is 5.11 Å². The number of nitro groups is 1. The smallest absolute Gasteiger partial charge is 0.346 e. The molecular weight excluding hydrogens is 230 g/mol. The Morgan fingerprint density at radius 3 is 2.75 bits per heavy atom. The van der Waals surface area contributed by atoms with Gasteiger partial charge >= 0.3 is 5.97 Å². The maximum atomic E-state index is 10.9. The number of hydrogen-bond donors (Lipinski definition) is 1. The number of carbonyl (C=O) groups is 1. The van der Waals surface area contributed by atoms with Crippen molar-refractivity contribution in [1.82, 2.24) is 0 Å². The van der Waals surface area contributed by atoms with Gasteiger partial charge in [0.15, 0.2) is 0 Å². The molecule has 2 rings (SSSR count). The summed E-state index contributed by atoms with van der Waals surface area (Å²) in [6.45, 7) is 1.66. The van der Waals surface area contributed by atoms with E-state index in [0.717, 1.165) is 11.3 Å². The van der Waals surface area contributed by atoms with Crippen LogP contribution in [0.3, 0.4) is 0 Å². The first-order valence-corrected chi connectivity index (χ1v) is 5.24. The standard InChI is InChI=1S/C10H7NO4S/c1-5-6-3-2-4-7(11(14)15)9(6)16-8(5)10(12)13/h2-4H,1H3,(H,12,13). The Bertz CT molecular complexity index is 602. The van der Waals surface area contributed by atoms with Crippen molar-refractivity contribution < 1.29 is 14.8 Å². The van der Waals surface area contributed by atoms with Crippen LogP contribution in [0, 0.1) is 17.0 Å². The van der Waals surface area contributed by atoms with Crippen LogP contribution >= 0.6 is 11.3 Å². The lowest BCUT2D eigenvalue weighted by molar-refractivity contribution is -0.382. The molecule has 5 nitrogen and oxygen atoms in total. The minimum absolute atomic E-state index is 0.0434. The average Bonchev–Trinajstić information content (AvgIpc) is 2.56. The van der Waals surface area contributed by atoms with Gasteiger partial charge in [0.25, 0.3) is 5.69 Å². The largest absolute Gasteiger partial charge is 0.477 e. The van der Waals surface area contributed by atoms with Crippen LogP contribution in [-0.4, -0.2) is 16.0 Å². The van der Waals surface area contributed by atoms with Crippen molar-refractivity contribution in [3.05, 3.63) is 38.8 Å². The summed E-state index contributed by atoms with van der Waals surface area (Å²) in [4.78, 5) is 21.3. The summed E-state index contributed by atoms with van der Waals surface area (Å²) in [5.74, 6) is -1.05. The molecule has 0 fully saturated rings. The van der Waals surface area contributed by atoms with E-state index in [2.05, 4.69) is 0 Å². The Morgan fingerprint density at radius 2 is 2.19 bits per heavy atom. The lowest BCUT2D eigenvalue weighted by atomic mass is 10.1. The zero-order chi connectivity index (χ0) is 11.9. The molecule has 0 bridgehead atoms. The molecule has 0 aliphatic carbocycles. The van der Waals surface area contributed by atoms with Crippen LogP contribution in [0.25, 0.3) is 10.1 Å². The maximum Gasteiger partial charge on any atom is 0.346 e. The number of rotatable bonds is 2. The molecule has 0 radical (unpaired) electrons. The number of carboxylic acid groups (broad SMARTS) is 1. The third-order valence-electron chi connectivity index (χ3n) is 2.33. The number of nitro benzene ring substituents is 1. The van der Waals surface area contributed by atoms with Crippen LogP contribution in [0.1, 0.15) is 15.2 Å². The zero-order valence-corrected chi connectivity index (χ0v) is 9.08. The number of aromatic carboxylic acids is 1. The number of thiophene rings is 1. The van der Waals surface area contributed by atoms with E-state index in [-0.39, 0.29) is 10.6 Å². The molecule has 0 amide bonds. The number of fused-ring (bicyclic) bond motifs is 1. The highest BCUT2D eigenvalue weighted by Gasteiger charge is 2.20. The zero-order valence-electron chi connectivity index (χ0n) is 8.26. The quantitative estimate of drug-likeness (QED) is 0.643.